The van der Waals surface area contributed by atoms with Crippen LogP contribution in [0.4, 0.5) is 0 Å². The summed E-state index contributed by atoms with van der Waals surface area (Å²) in [6.45, 7) is 2.28. The van der Waals surface area contributed by atoms with E-state index < -0.39 is 0 Å². The number of para-hydroxylation sites is 1. The third-order valence-corrected chi connectivity index (χ3v) is 4.27. The number of piperidine rings is 1. The second kappa shape index (κ2) is 6.75. The fraction of sp³-hybridized carbons (Fsp3) is 0.316. The summed E-state index contributed by atoms with van der Waals surface area (Å²) in [5.41, 5.74) is 2.28. The Labute approximate surface area is 131 Å². The lowest BCUT2D eigenvalue weighted by Crippen LogP contribution is -2.39. The molecule has 0 N–H and O–H groups in total. The molecule has 114 valence electrons. The minimum atomic E-state index is -0.0387. The number of ether oxygens (including phenoxy) is 1. The summed E-state index contributed by atoms with van der Waals surface area (Å²) in [6.07, 6.45) is 0.853. The maximum Gasteiger partial charge on any atom is 0.154 e. The van der Waals surface area contributed by atoms with Crippen LogP contribution < -0.4 is 4.74 Å². The number of hydrogen-bond donors (Lipinski definition) is 0. The Morgan fingerprint density at radius 3 is 2.55 bits per heavy atom. The van der Waals surface area contributed by atoms with Crippen LogP contribution in [0.5, 0.6) is 5.75 Å². The van der Waals surface area contributed by atoms with E-state index in [0.717, 1.165) is 30.8 Å². The molecule has 0 saturated carbocycles. The molecule has 1 aliphatic rings. The van der Waals surface area contributed by atoms with Crippen molar-refractivity contribution in [2.24, 2.45) is 0 Å². The Balaban J connectivity index is 1.69. The topological polar surface area (TPSA) is 29.5 Å². The lowest BCUT2D eigenvalue weighted by molar-refractivity contribution is -0.124. The molecule has 0 bridgehead atoms. The van der Waals surface area contributed by atoms with Gasteiger partial charge in [-0.25, -0.2) is 0 Å². The van der Waals surface area contributed by atoms with Crippen LogP contribution in [-0.2, 0) is 11.3 Å². The number of likely N-dealkylation sites (tertiary alicyclic amines) is 1. The van der Waals surface area contributed by atoms with Crippen LogP contribution in [-0.4, -0.2) is 30.9 Å². The van der Waals surface area contributed by atoms with Crippen molar-refractivity contribution in [3.05, 3.63) is 65.7 Å². The number of benzene rings is 2. The lowest BCUT2D eigenvalue weighted by Gasteiger charge is -2.31. The molecule has 2 aromatic rings. The van der Waals surface area contributed by atoms with Crippen molar-refractivity contribution in [1.29, 1.82) is 0 Å². The quantitative estimate of drug-likeness (QED) is 0.867. The Morgan fingerprint density at radius 2 is 1.82 bits per heavy atom. The fourth-order valence-electron chi connectivity index (χ4n) is 3.14. The van der Waals surface area contributed by atoms with Gasteiger partial charge in [0.25, 0.3) is 0 Å². The van der Waals surface area contributed by atoms with Gasteiger partial charge in [0.05, 0.1) is 13.7 Å². The summed E-state index contributed by atoms with van der Waals surface area (Å²) < 4.78 is 5.40. The van der Waals surface area contributed by atoms with Gasteiger partial charge in [-0.05, 0) is 24.6 Å². The number of Topliss-reactive ketones (excluding diaryl/α,β-unsaturated/α-hetero) is 1. The van der Waals surface area contributed by atoms with E-state index in [2.05, 4.69) is 17.0 Å². The van der Waals surface area contributed by atoms with Crippen LogP contribution in [0.1, 0.15) is 23.5 Å². The SMILES string of the molecule is COc1ccccc1C1CCN(Cc2ccccc2)CC1=O. The molecule has 0 aliphatic carbocycles. The molecule has 0 spiro atoms. The molecule has 0 radical (unpaired) electrons. The maximum atomic E-state index is 12.6. The van der Waals surface area contributed by atoms with Crippen molar-refractivity contribution >= 4 is 5.78 Å². The van der Waals surface area contributed by atoms with E-state index >= 15 is 0 Å². The van der Waals surface area contributed by atoms with Crippen molar-refractivity contribution < 1.29 is 9.53 Å². The Bertz CT molecular complexity index is 639. The molecule has 1 unspecified atom stereocenters. The molecule has 3 nitrogen and oxygen atoms in total. The van der Waals surface area contributed by atoms with Gasteiger partial charge in [0, 0.05) is 18.0 Å². The molecule has 1 aliphatic heterocycles. The summed E-state index contributed by atoms with van der Waals surface area (Å²) in [5.74, 6) is 1.06. The summed E-state index contributed by atoms with van der Waals surface area (Å²) in [4.78, 5) is 14.8. The minimum absolute atomic E-state index is 0.0387. The van der Waals surface area contributed by atoms with Crippen molar-refractivity contribution in [3.8, 4) is 5.75 Å². The third kappa shape index (κ3) is 3.20. The lowest BCUT2D eigenvalue weighted by atomic mass is 9.87. The highest BCUT2D eigenvalue weighted by molar-refractivity contribution is 5.88. The predicted octanol–water partition coefficient (Wildman–Crippen LogP) is 3.25. The van der Waals surface area contributed by atoms with E-state index in [4.69, 9.17) is 4.74 Å². The summed E-state index contributed by atoms with van der Waals surface area (Å²) in [6, 6.07) is 18.2. The summed E-state index contributed by atoms with van der Waals surface area (Å²) >= 11 is 0. The molecule has 2 aromatic carbocycles. The van der Waals surface area contributed by atoms with Gasteiger partial charge in [-0.2, -0.15) is 0 Å². The minimum Gasteiger partial charge on any atom is -0.496 e. The molecule has 3 rings (SSSR count). The smallest absolute Gasteiger partial charge is 0.154 e. The second-order valence-corrected chi connectivity index (χ2v) is 5.75. The summed E-state index contributed by atoms with van der Waals surface area (Å²) in [5, 5.41) is 0. The molecule has 3 heteroatoms. The number of ketones is 1. The van der Waals surface area contributed by atoms with Crippen LogP contribution in [0.25, 0.3) is 0 Å². The standard InChI is InChI=1S/C19H21NO2/c1-22-19-10-6-5-9-17(19)16-11-12-20(14-18(16)21)13-15-7-3-2-4-8-15/h2-10,16H,11-14H2,1H3. The van der Waals surface area contributed by atoms with Crippen LogP contribution in [0.3, 0.4) is 0 Å². The Hall–Kier alpha value is -2.13. The first-order valence-electron chi connectivity index (χ1n) is 7.70. The first kappa shape index (κ1) is 14.8. The highest BCUT2D eigenvalue weighted by Gasteiger charge is 2.29. The monoisotopic (exact) mass is 295 g/mol. The number of carbonyl (C=O) groups excluding carboxylic acids is 1. The van der Waals surface area contributed by atoms with E-state index in [0.29, 0.717) is 6.54 Å². The number of rotatable bonds is 4. The molecule has 1 saturated heterocycles. The van der Waals surface area contributed by atoms with Crippen molar-refractivity contribution in [3.63, 3.8) is 0 Å². The number of hydrogen-bond acceptors (Lipinski definition) is 3. The molecule has 1 heterocycles. The van der Waals surface area contributed by atoms with E-state index in [1.54, 1.807) is 7.11 Å². The van der Waals surface area contributed by atoms with Crippen LogP contribution >= 0.6 is 0 Å². The normalized spacial score (nSPS) is 19.1. The molecule has 1 atom stereocenters. The highest BCUT2D eigenvalue weighted by atomic mass is 16.5. The van der Waals surface area contributed by atoms with E-state index in [9.17, 15) is 4.79 Å². The first-order valence-corrected chi connectivity index (χ1v) is 7.70. The Morgan fingerprint density at radius 1 is 1.09 bits per heavy atom. The molecule has 22 heavy (non-hydrogen) atoms. The van der Waals surface area contributed by atoms with Gasteiger partial charge in [0.15, 0.2) is 5.78 Å². The zero-order valence-corrected chi connectivity index (χ0v) is 12.9. The average Bonchev–Trinajstić information content (AvgIpc) is 2.56. The largest absolute Gasteiger partial charge is 0.496 e. The molecular weight excluding hydrogens is 274 g/mol. The number of nitrogens with zero attached hydrogens (tertiary/aromatic N) is 1. The van der Waals surface area contributed by atoms with Crippen molar-refractivity contribution in [2.45, 2.75) is 18.9 Å². The van der Waals surface area contributed by atoms with Gasteiger partial charge in [-0.3, -0.25) is 9.69 Å². The number of methoxy groups -OCH3 is 1. The first-order chi connectivity index (χ1) is 10.8. The van der Waals surface area contributed by atoms with Gasteiger partial charge in [-0.15, -0.1) is 0 Å². The molecule has 1 fully saturated rings. The molecular formula is C19H21NO2. The maximum absolute atomic E-state index is 12.6. The summed E-state index contributed by atoms with van der Waals surface area (Å²) in [7, 11) is 1.66. The van der Waals surface area contributed by atoms with Crippen LogP contribution in [0, 0.1) is 0 Å². The van der Waals surface area contributed by atoms with Crippen LogP contribution in [0.15, 0.2) is 54.6 Å². The highest BCUT2D eigenvalue weighted by Crippen LogP contribution is 2.32. The predicted molar refractivity (Wildman–Crippen MR) is 87.1 cm³/mol. The van der Waals surface area contributed by atoms with Crippen LogP contribution in [0.2, 0.25) is 0 Å². The average molecular weight is 295 g/mol. The van der Waals surface area contributed by atoms with E-state index in [-0.39, 0.29) is 11.7 Å². The van der Waals surface area contributed by atoms with Crippen molar-refractivity contribution in [1.82, 2.24) is 4.90 Å². The third-order valence-electron chi connectivity index (χ3n) is 4.27. The van der Waals surface area contributed by atoms with Crippen molar-refractivity contribution in [2.75, 3.05) is 20.2 Å². The Kier molecular flexibility index (Phi) is 4.54. The van der Waals surface area contributed by atoms with Gasteiger partial charge in [0.2, 0.25) is 0 Å². The molecule has 0 amide bonds. The van der Waals surface area contributed by atoms with Gasteiger partial charge >= 0.3 is 0 Å². The van der Waals surface area contributed by atoms with E-state index in [1.807, 2.05) is 42.5 Å². The zero-order chi connectivity index (χ0) is 15.4. The van der Waals surface area contributed by atoms with E-state index in [1.165, 1.54) is 5.56 Å². The van der Waals surface area contributed by atoms with Gasteiger partial charge in [-0.1, -0.05) is 48.5 Å². The van der Waals surface area contributed by atoms with Gasteiger partial charge in [0.1, 0.15) is 5.75 Å². The number of carbonyl (C=O) groups is 1. The van der Waals surface area contributed by atoms with Gasteiger partial charge < -0.3 is 4.74 Å². The second-order valence-electron chi connectivity index (χ2n) is 5.75. The zero-order valence-electron chi connectivity index (χ0n) is 12.9. The molecule has 0 aromatic heterocycles. The fourth-order valence-corrected chi connectivity index (χ4v) is 3.14.